The first-order valence-electron chi connectivity index (χ1n) is 8.95. The van der Waals surface area contributed by atoms with Gasteiger partial charge in [0.2, 0.25) is 0 Å². The van der Waals surface area contributed by atoms with Gasteiger partial charge in [-0.25, -0.2) is 8.78 Å². The van der Waals surface area contributed by atoms with E-state index < -0.39 is 11.6 Å². The van der Waals surface area contributed by atoms with E-state index in [1.54, 1.807) is 0 Å². The van der Waals surface area contributed by atoms with Gasteiger partial charge in [0.15, 0.2) is 0 Å². The van der Waals surface area contributed by atoms with Crippen molar-refractivity contribution in [2.24, 2.45) is 11.8 Å². The van der Waals surface area contributed by atoms with Crippen molar-refractivity contribution in [3.8, 4) is 0 Å². The molecule has 1 saturated carbocycles. The lowest BCUT2D eigenvalue weighted by molar-refractivity contribution is 0.194. The number of halogens is 2. The van der Waals surface area contributed by atoms with Crippen LogP contribution in [0.4, 0.5) is 8.78 Å². The molecule has 1 aromatic rings. The highest BCUT2D eigenvalue weighted by Crippen LogP contribution is 2.48. The Morgan fingerprint density at radius 1 is 1.00 bits per heavy atom. The molecule has 0 radical (unpaired) electrons. The van der Waals surface area contributed by atoms with Crippen molar-refractivity contribution in [3.63, 3.8) is 0 Å². The minimum Gasteiger partial charge on any atom is -0.207 e. The smallest absolute Gasteiger partial charge is 0.126 e. The largest absolute Gasteiger partial charge is 0.207 e. The maximum absolute atomic E-state index is 13.8. The van der Waals surface area contributed by atoms with Gasteiger partial charge in [0.05, 0.1) is 0 Å². The molecule has 1 atom stereocenters. The Morgan fingerprint density at radius 3 is 2.26 bits per heavy atom. The lowest BCUT2D eigenvalue weighted by Gasteiger charge is -2.43. The Bertz CT molecular complexity index is 574. The molecule has 0 heterocycles. The van der Waals surface area contributed by atoms with Gasteiger partial charge in [0, 0.05) is 11.5 Å². The van der Waals surface area contributed by atoms with Crippen molar-refractivity contribution in [2.45, 2.75) is 57.3 Å². The minimum absolute atomic E-state index is 0.241. The molecule has 0 N–H and O–H groups in total. The fourth-order valence-electron chi connectivity index (χ4n) is 4.59. The Kier molecular flexibility index (Phi) is 4.99. The second kappa shape index (κ2) is 6.98. The average molecular weight is 316 g/mol. The zero-order valence-electron chi connectivity index (χ0n) is 13.9. The second-order valence-electron chi connectivity index (χ2n) is 7.20. The molecule has 1 unspecified atom stereocenters. The van der Waals surface area contributed by atoms with Crippen molar-refractivity contribution >= 4 is 0 Å². The molecule has 0 nitrogen and oxygen atoms in total. The summed E-state index contributed by atoms with van der Waals surface area (Å²) in [5.41, 5.74) is 0.559. The molecule has 0 amide bonds. The van der Waals surface area contributed by atoms with Crippen LogP contribution in [0, 0.1) is 23.5 Å². The molecule has 23 heavy (non-hydrogen) atoms. The third-order valence-corrected chi connectivity index (χ3v) is 5.77. The van der Waals surface area contributed by atoms with E-state index in [4.69, 9.17) is 0 Å². The fourth-order valence-corrected chi connectivity index (χ4v) is 4.59. The second-order valence-corrected chi connectivity index (χ2v) is 7.20. The monoisotopic (exact) mass is 316 g/mol. The van der Waals surface area contributed by atoms with Crippen LogP contribution in [0.1, 0.15) is 57.4 Å². The van der Waals surface area contributed by atoms with Crippen molar-refractivity contribution < 1.29 is 8.78 Å². The topological polar surface area (TPSA) is 0 Å². The summed E-state index contributed by atoms with van der Waals surface area (Å²) < 4.78 is 27.6. The van der Waals surface area contributed by atoms with Gasteiger partial charge in [-0.1, -0.05) is 56.9 Å². The first-order chi connectivity index (χ1) is 11.1. The summed E-state index contributed by atoms with van der Waals surface area (Å²) in [5.74, 6) is 0.364. The highest BCUT2D eigenvalue weighted by Gasteiger charge is 2.40. The van der Waals surface area contributed by atoms with E-state index in [1.807, 2.05) is 12.2 Å². The van der Waals surface area contributed by atoms with Crippen molar-refractivity contribution in [2.75, 3.05) is 0 Å². The van der Waals surface area contributed by atoms with Crippen LogP contribution in [0.15, 0.2) is 42.5 Å². The molecule has 124 valence electrons. The summed E-state index contributed by atoms with van der Waals surface area (Å²) in [7, 11) is 0. The number of benzene rings is 1. The fraction of sp³-hybridized carbons (Fsp3) is 0.524. The SMILES string of the molecule is CCCC1CCC(C2(c3cc(F)cc(F)c3)C=CC=CC2)CC1. The van der Waals surface area contributed by atoms with Gasteiger partial charge < -0.3 is 0 Å². The molecule has 2 heteroatoms. The predicted molar refractivity (Wildman–Crippen MR) is 91.3 cm³/mol. The summed E-state index contributed by atoms with van der Waals surface area (Å²) >= 11 is 0. The molecule has 2 aliphatic rings. The number of rotatable bonds is 4. The quantitative estimate of drug-likeness (QED) is 0.609. The normalized spacial score (nSPS) is 30.6. The van der Waals surface area contributed by atoms with E-state index in [1.165, 1.54) is 37.8 Å². The van der Waals surface area contributed by atoms with Crippen molar-refractivity contribution in [1.29, 1.82) is 0 Å². The highest BCUT2D eigenvalue weighted by molar-refractivity contribution is 5.37. The van der Waals surface area contributed by atoms with Crippen LogP contribution in [0.25, 0.3) is 0 Å². The Balaban J connectivity index is 1.89. The van der Waals surface area contributed by atoms with Gasteiger partial charge >= 0.3 is 0 Å². The van der Waals surface area contributed by atoms with Crippen LogP contribution in [-0.2, 0) is 5.41 Å². The van der Waals surface area contributed by atoms with Crippen LogP contribution in [0.3, 0.4) is 0 Å². The lowest BCUT2D eigenvalue weighted by Crippen LogP contribution is -2.36. The zero-order chi connectivity index (χ0) is 16.3. The predicted octanol–water partition coefficient (Wildman–Crippen LogP) is 6.33. The molecule has 1 fully saturated rings. The van der Waals surface area contributed by atoms with Gasteiger partial charge in [-0.3, -0.25) is 0 Å². The lowest BCUT2D eigenvalue weighted by atomic mass is 9.61. The van der Waals surface area contributed by atoms with Gasteiger partial charge in [0.1, 0.15) is 11.6 Å². The van der Waals surface area contributed by atoms with Crippen LogP contribution >= 0.6 is 0 Å². The molecule has 0 bridgehead atoms. The average Bonchev–Trinajstić information content (AvgIpc) is 2.55. The summed E-state index contributed by atoms with van der Waals surface area (Å²) in [5, 5.41) is 0. The summed E-state index contributed by atoms with van der Waals surface area (Å²) in [6.07, 6.45) is 16.6. The highest BCUT2D eigenvalue weighted by atomic mass is 19.1. The Labute approximate surface area is 138 Å². The molecule has 0 spiro atoms. The standard InChI is InChI=1S/C21H26F2/c1-2-6-16-7-9-17(10-8-16)21(11-4-3-5-12-21)18-13-19(22)15-20(23)14-18/h3-5,11,13-17H,2,6-10,12H2,1H3. The summed E-state index contributed by atoms with van der Waals surface area (Å²) in [6, 6.07) is 4.03. The zero-order valence-corrected chi connectivity index (χ0v) is 13.9. The molecule has 0 aromatic heterocycles. The first-order valence-corrected chi connectivity index (χ1v) is 8.95. The van der Waals surface area contributed by atoms with Crippen LogP contribution in [0.2, 0.25) is 0 Å². The molecule has 0 aliphatic heterocycles. The maximum atomic E-state index is 13.8. The summed E-state index contributed by atoms with van der Waals surface area (Å²) in [6.45, 7) is 2.25. The Morgan fingerprint density at radius 2 is 1.70 bits per heavy atom. The van der Waals surface area contributed by atoms with E-state index in [0.717, 1.165) is 36.8 Å². The van der Waals surface area contributed by atoms with Gasteiger partial charge in [-0.15, -0.1) is 0 Å². The van der Waals surface area contributed by atoms with E-state index in [2.05, 4.69) is 19.1 Å². The number of allylic oxidation sites excluding steroid dienone is 4. The van der Waals surface area contributed by atoms with Gasteiger partial charge in [-0.2, -0.15) is 0 Å². The summed E-state index contributed by atoms with van der Waals surface area (Å²) in [4.78, 5) is 0. The van der Waals surface area contributed by atoms with Crippen molar-refractivity contribution in [3.05, 3.63) is 59.7 Å². The first kappa shape index (κ1) is 16.4. The number of hydrogen-bond donors (Lipinski definition) is 0. The Hall–Kier alpha value is -1.44. The van der Waals surface area contributed by atoms with Gasteiger partial charge in [0.25, 0.3) is 0 Å². The third-order valence-electron chi connectivity index (χ3n) is 5.77. The van der Waals surface area contributed by atoms with Crippen LogP contribution in [0.5, 0.6) is 0 Å². The van der Waals surface area contributed by atoms with Crippen molar-refractivity contribution in [1.82, 2.24) is 0 Å². The van der Waals surface area contributed by atoms with E-state index >= 15 is 0 Å². The van der Waals surface area contributed by atoms with E-state index in [-0.39, 0.29) is 5.41 Å². The molecule has 3 rings (SSSR count). The minimum atomic E-state index is -0.470. The van der Waals surface area contributed by atoms with E-state index in [0.29, 0.717) is 5.92 Å². The molecule has 1 aromatic carbocycles. The number of hydrogen-bond acceptors (Lipinski definition) is 0. The third kappa shape index (κ3) is 3.41. The molecule has 2 aliphatic carbocycles. The molecule has 0 saturated heterocycles. The van der Waals surface area contributed by atoms with Crippen LogP contribution < -0.4 is 0 Å². The van der Waals surface area contributed by atoms with E-state index in [9.17, 15) is 8.78 Å². The van der Waals surface area contributed by atoms with Gasteiger partial charge in [-0.05, 0) is 48.8 Å². The van der Waals surface area contributed by atoms with Crippen LogP contribution in [-0.4, -0.2) is 0 Å². The molecular weight excluding hydrogens is 290 g/mol. The maximum Gasteiger partial charge on any atom is 0.126 e. The molecular formula is C21H26F2.